The van der Waals surface area contributed by atoms with Crippen LogP contribution >= 0.6 is 15.9 Å². The van der Waals surface area contributed by atoms with Crippen LogP contribution in [-0.4, -0.2) is 26.7 Å². The number of aliphatic imine (C=N–C) groups is 1. The molecule has 1 aromatic heterocycles. The topological polar surface area (TPSA) is 62.8 Å². The lowest BCUT2D eigenvalue weighted by atomic mass is 10.1. The fourth-order valence-corrected chi connectivity index (χ4v) is 3.30. The van der Waals surface area contributed by atoms with Gasteiger partial charge < -0.3 is 5.11 Å². The van der Waals surface area contributed by atoms with E-state index in [4.69, 9.17) is 5.10 Å². The van der Waals surface area contributed by atoms with Crippen LogP contribution in [0, 0.1) is 0 Å². The second-order valence-electron chi connectivity index (χ2n) is 6.65. The Labute approximate surface area is 183 Å². The first-order valence-corrected chi connectivity index (χ1v) is 10.2. The van der Waals surface area contributed by atoms with Crippen LogP contribution < -0.4 is 0 Å². The van der Waals surface area contributed by atoms with Crippen LogP contribution in [0.15, 0.2) is 99.6 Å². The highest BCUT2D eigenvalue weighted by Gasteiger charge is 2.10. The van der Waals surface area contributed by atoms with Crippen molar-refractivity contribution in [1.29, 1.82) is 0 Å². The standard InChI is InChI=1S/C24H19BrN4O/c1-17(18-8-4-2-5-9-18)28-29-16-22(19-10-6-3-7-11-19)27-24(29)26-15-20-14-21(25)12-13-23(20)30/h2-16,30H,1H3. The number of aromatic hydroxyl groups is 1. The second kappa shape index (κ2) is 8.88. The van der Waals surface area contributed by atoms with Crippen LogP contribution in [0.2, 0.25) is 0 Å². The van der Waals surface area contributed by atoms with Crippen molar-refractivity contribution < 1.29 is 5.11 Å². The molecule has 1 N–H and O–H groups in total. The van der Waals surface area contributed by atoms with E-state index in [2.05, 4.69) is 25.9 Å². The van der Waals surface area contributed by atoms with Gasteiger partial charge in [0.2, 0.25) is 0 Å². The molecular formula is C24H19BrN4O. The van der Waals surface area contributed by atoms with E-state index in [1.807, 2.05) is 73.8 Å². The summed E-state index contributed by atoms with van der Waals surface area (Å²) in [6.45, 7) is 1.95. The first kappa shape index (κ1) is 19.8. The van der Waals surface area contributed by atoms with Crippen molar-refractivity contribution in [3.8, 4) is 17.0 Å². The maximum Gasteiger partial charge on any atom is 0.251 e. The number of phenols is 1. The predicted octanol–water partition coefficient (Wildman–Crippen LogP) is 6.04. The van der Waals surface area contributed by atoms with Gasteiger partial charge in [0.15, 0.2) is 0 Å². The number of imidazole rings is 1. The van der Waals surface area contributed by atoms with Crippen LogP contribution in [-0.2, 0) is 0 Å². The maximum absolute atomic E-state index is 10.1. The number of aromatic nitrogens is 2. The summed E-state index contributed by atoms with van der Waals surface area (Å²) >= 11 is 3.41. The molecule has 0 unspecified atom stereocenters. The Morgan fingerprint density at radius 2 is 1.70 bits per heavy atom. The molecule has 0 amide bonds. The van der Waals surface area contributed by atoms with E-state index in [1.165, 1.54) is 0 Å². The molecule has 0 bridgehead atoms. The van der Waals surface area contributed by atoms with E-state index in [1.54, 1.807) is 29.1 Å². The average Bonchev–Trinajstić information content (AvgIpc) is 3.18. The molecule has 4 aromatic rings. The summed E-state index contributed by atoms with van der Waals surface area (Å²) in [6.07, 6.45) is 3.44. The summed E-state index contributed by atoms with van der Waals surface area (Å²) in [5.41, 5.74) is 4.20. The van der Waals surface area contributed by atoms with Crippen LogP contribution in [0.4, 0.5) is 5.95 Å². The first-order valence-electron chi connectivity index (χ1n) is 9.38. The number of hydrogen-bond donors (Lipinski definition) is 1. The van der Waals surface area contributed by atoms with E-state index >= 15 is 0 Å². The van der Waals surface area contributed by atoms with Crippen LogP contribution in [0.1, 0.15) is 18.1 Å². The lowest BCUT2D eigenvalue weighted by molar-refractivity contribution is 0.474. The van der Waals surface area contributed by atoms with Crippen LogP contribution in [0.3, 0.4) is 0 Å². The van der Waals surface area contributed by atoms with Gasteiger partial charge in [-0.3, -0.25) is 0 Å². The summed E-state index contributed by atoms with van der Waals surface area (Å²) in [4.78, 5) is 9.17. The van der Waals surface area contributed by atoms with E-state index in [0.29, 0.717) is 11.5 Å². The number of halogens is 1. The zero-order chi connectivity index (χ0) is 20.9. The van der Waals surface area contributed by atoms with Crippen molar-refractivity contribution in [2.24, 2.45) is 10.1 Å². The first-order chi connectivity index (χ1) is 14.6. The molecule has 4 rings (SSSR count). The van der Waals surface area contributed by atoms with Crippen LogP contribution in [0.5, 0.6) is 5.75 Å². The number of benzene rings is 3. The smallest absolute Gasteiger partial charge is 0.251 e. The molecule has 0 aliphatic heterocycles. The van der Waals surface area contributed by atoms with Gasteiger partial charge in [-0.25, -0.2) is 14.7 Å². The van der Waals surface area contributed by atoms with Gasteiger partial charge in [0.1, 0.15) is 5.75 Å². The minimum absolute atomic E-state index is 0.146. The Kier molecular flexibility index (Phi) is 5.86. The van der Waals surface area contributed by atoms with Gasteiger partial charge in [0.25, 0.3) is 5.95 Å². The largest absolute Gasteiger partial charge is 0.507 e. The van der Waals surface area contributed by atoms with Gasteiger partial charge in [0.05, 0.1) is 17.6 Å². The minimum atomic E-state index is 0.146. The zero-order valence-corrected chi connectivity index (χ0v) is 17.9. The molecule has 3 aromatic carbocycles. The van der Waals surface area contributed by atoms with E-state index in [-0.39, 0.29) is 5.75 Å². The van der Waals surface area contributed by atoms with E-state index in [9.17, 15) is 5.11 Å². The Morgan fingerprint density at radius 3 is 2.43 bits per heavy atom. The quantitative estimate of drug-likeness (QED) is 0.370. The third kappa shape index (κ3) is 4.55. The van der Waals surface area contributed by atoms with Crippen molar-refractivity contribution in [3.05, 3.63) is 101 Å². The van der Waals surface area contributed by atoms with Crippen molar-refractivity contribution in [2.75, 3.05) is 0 Å². The molecule has 0 spiro atoms. The van der Waals surface area contributed by atoms with Crippen molar-refractivity contribution >= 4 is 33.8 Å². The Balaban J connectivity index is 1.77. The molecule has 0 radical (unpaired) electrons. The Hall–Kier alpha value is -3.51. The van der Waals surface area contributed by atoms with E-state index in [0.717, 1.165) is 27.0 Å². The summed E-state index contributed by atoms with van der Waals surface area (Å²) in [5.74, 6) is 0.566. The normalized spacial score (nSPS) is 11.9. The van der Waals surface area contributed by atoms with E-state index < -0.39 is 0 Å². The molecule has 0 atom stereocenters. The summed E-state index contributed by atoms with van der Waals surface area (Å²) in [6, 6.07) is 25.0. The molecule has 148 valence electrons. The Morgan fingerprint density at radius 1 is 1.00 bits per heavy atom. The summed E-state index contributed by atoms with van der Waals surface area (Å²) in [5, 5.41) is 14.8. The SMILES string of the molecule is CC(=Nn1cc(-c2ccccc2)nc1N=Cc1cc(Br)ccc1O)c1ccccc1. The number of rotatable bonds is 5. The van der Waals surface area contributed by atoms with Gasteiger partial charge >= 0.3 is 0 Å². The fourth-order valence-electron chi connectivity index (χ4n) is 2.93. The third-order valence-electron chi connectivity index (χ3n) is 4.50. The third-order valence-corrected chi connectivity index (χ3v) is 4.99. The average molecular weight is 459 g/mol. The molecule has 30 heavy (non-hydrogen) atoms. The number of phenolic OH excluding ortho intramolecular Hbond substituents is 1. The number of hydrogen-bond acceptors (Lipinski definition) is 4. The summed E-state index contributed by atoms with van der Waals surface area (Å²) in [7, 11) is 0. The molecule has 0 fully saturated rings. The molecular weight excluding hydrogens is 440 g/mol. The highest BCUT2D eigenvalue weighted by molar-refractivity contribution is 9.10. The lowest BCUT2D eigenvalue weighted by Gasteiger charge is -2.02. The molecule has 1 heterocycles. The minimum Gasteiger partial charge on any atom is -0.507 e. The molecule has 0 saturated carbocycles. The van der Waals surface area contributed by atoms with Gasteiger partial charge in [-0.15, -0.1) is 0 Å². The van der Waals surface area contributed by atoms with Gasteiger partial charge in [-0.1, -0.05) is 76.6 Å². The maximum atomic E-state index is 10.1. The highest BCUT2D eigenvalue weighted by atomic mass is 79.9. The van der Waals surface area contributed by atoms with Gasteiger partial charge in [-0.05, 0) is 30.7 Å². The van der Waals surface area contributed by atoms with Crippen molar-refractivity contribution in [1.82, 2.24) is 9.66 Å². The van der Waals surface area contributed by atoms with Gasteiger partial charge in [0, 0.05) is 21.8 Å². The zero-order valence-electron chi connectivity index (χ0n) is 16.3. The van der Waals surface area contributed by atoms with Crippen molar-refractivity contribution in [2.45, 2.75) is 6.92 Å². The second-order valence-corrected chi connectivity index (χ2v) is 7.57. The Bertz CT molecular complexity index is 1210. The predicted molar refractivity (Wildman–Crippen MR) is 125 cm³/mol. The monoisotopic (exact) mass is 458 g/mol. The molecule has 5 nitrogen and oxygen atoms in total. The highest BCUT2D eigenvalue weighted by Crippen LogP contribution is 2.24. The molecule has 0 aliphatic carbocycles. The number of nitrogens with zero attached hydrogens (tertiary/aromatic N) is 4. The fraction of sp³-hybridized carbons (Fsp3) is 0.0417. The van der Waals surface area contributed by atoms with Gasteiger partial charge in [-0.2, -0.15) is 5.10 Å². The lowest BCUT2D eigenvalue weighted by Crippen LogP contribution is -1.98. The molecule has 0 saturated heterocycles. The van der Waals surface area contributed by atoms with Crippen molar-refractivity contribution in [3.63, 3.8) is 0 Å². The molecule has 6 heteroatoms. The van der Waals surface area contributed by atoms with Crippen LogP contribution in [0.25, 0.3) is 11.3 Å². The summed E-state index contributed by atoms with van der Waals surface area (Å²) < 4.78 is 2.52. The molecule has 0 aliphatic rings.